The average Bonchev–Trinajstić information content (AvgIpc) is 1.98. The smallest absolute Gasteiger partial charge is 0.0173 e. The lowest BCUT2D eigenvalue weighted by Crippen LogP contribution is -2.66. The van der Waals surface area contributed by atoms with Gasteiger partial charge in [0.25, 0.3) is 0 Å². The van der Waals surface area contributed by atoms with E-state index in [2.05, 4.69) is 39.9 Å². The van der Waals surface area contributed by atoms with Crippen LogP contribution in [-0.2, 0) is 0 Å². The van der Waals surface area contributed by atoms with Crippen molar-refractivity contribution in [2.75, 3.05) is 0 Å². The standard InChI is InChI=1S/C13H28N2/c1-6-7-8-10-11(14)9-12(2,3)15-13(10,4)5/h10-11,15H,6-9,14H2,1-5H3. The van der Waals surface area contributed by atoms with Gasteiger partial charge in [-0.1, -0.05) is 19.8 Å². The number of piperidine rings is 1. The third kappa shape index (κ3) is 3.18. The second kappa shape index (κ2) is 4.42. The average molecular weight is 212 g/mol. The zero-order valence-electron chi connectivity index (χ0n) is 11.1. The van der Waals surface area contributed by atoms with Crippen molar-refractivity contribution >= 4 is 0 Å². The molecule has 0 aromatic rings. The summed E-state index contributed by atoms with van der Waals surface area (Å²) >= 11 is 0. The molecule has 15 heavy (non-hydrogen) atoms. The number of nitrogens with one attached hydrogen (secondary N) is 1. The summed E-state index contributed by atoms with van der Waals surface area (Å²) in [5, 5.41) is 3.74. The van der Waals surface area contributed by atoms with Crippen LogP contribution in [0.3, 0.4) is 0 Å². The van der Waals surface area contributed by atoms with E-state index in [9.17, 15) is 0 Å². The van der Waals surface area contributed by atoms with Crippen LogP contribution in [0.25, 0.3) is 0 Å². The van der Waals surface area contributed by atoms with E-state index in [0.29, 0.717) is 12.0 Å². The van der Waals surface area contributed by atoms with Crippen LogP contribution in [0.5, 0.6) is 0 Å². The van der Waals surface area contributed by atoms with Crippen LogP contribution in [0.1, 0.15) is 60.3 Å². The second-order valence-corrected chi connectivity index (χ2v) is 6.35. The summed E-state index contributed by atoms with van der Waals surface area (Å²) in [6, 6.07) is 0.350. The molecule has 1 aliphatic heterocycles. The van der Waals surface area contributed by atoms with E-state index in [0.717, 1.165) is 6.42 Å². The Bertz CT molecular complexity index is 209. The minimum atomic E-state index is 0.177. The van der Waals surface area contributed by atoms with Gasteiger partial charge in [-0.3, -0.25) is 0 Å². The molecule has 2 unspecified atom stereocenters. The van der Waals surface area contributed by atoms with Crippen molar-refractivity contribution in [2.45, 2.75) is 77.4 Å². The summed E-state index contributed by atoms with van der Waals surface area (Å²) in [5.41, 5.74) is 6.69. The van der Waals surface area contributed by atoms with Crippen LogP contribution >= 0.6 is 0 Å². The van der Waals surface area contributed by atoms with Crippen molar-refractivity contribution < 1.29 is 0 Å². The Morgan fingerprint density at radius 3 is 2.33 bits per heavy atom. The first kappa shape index (κ1) is 13.0. The van der Waals surface area contributed by atoms with Gasteiger partial charge >= 0.3 is 0 Å². The largest absolute Gasteiger partial charge is 0.327 e. The molecule has 90 valence electrons. The minimum Gasteiger partial charge on any atom is -0.327 e. The van der Waals surface area contributed by atoms with Crippen molar-refractivity contribution in [3.8, 4) is 0 Å². The van der Waals surface area contributed by atoms with Crippen molar-refractivity contribution in [1.82, 2.24) is 5.32 Å². The molecular weight excluding hydrogens is 184 g/mol. The maximum absolute atomic E-state index is 6.33. The highest BCUT2D eigenvalue weighted by atomic mass is 15.1. The van der Waals surface area contributed by atoms with Gasteiger partial charge in [0.15, 0.2) is 0 Å². The van der Waals surface area contributed by atoms with Gasteiger partial charge in [0.05, 0.1) is 0 Å². The van der Waals surface area contributed by atoms with Crippen molar-refractivity contribution in [3.05, 3.63) is 0 Å². The predicted octanol–water partition coefficient (Wildman–Crippen LogP) is 2.67. The highest BCUT2D eigenvalue weighted by molar-refractivity contribution is 5.03. The molecule has 1 aliphatic rings. The molecule has 0 aromatic carbocycles. The fourth-order valence-electron chi connectivity index (χ4n) is 3.28. The van der Waals surface area contributed by atoms with Gasteiger partial charge in [-0.15, -0.1) is 0 Å². The molecule has 0 spiro atoms. The molecule has 1 heterocycles. The van der Waals surface area contributed by atoms with E-state index in [1.165, 1.54) is 19.3 Å². The van der Waals surface area contributed by atoms with E-state index in [-0.39, 0.29) is 11.1 Å². The van der Waals surface area contributed by atoms with Crippen LogP contribution in [0.4, 0.5) is 0 Å². The molecule has 1 fully saturated rings. The molecule has 0 aliphatic carbocycles. The Labute approximate surface area is 95.0 Å². The third-order valence-corrected chi connectivity index (χ3v) is 3.72. The zero-order valence-corrected chi connectivity index (χ0v) is 11.1. The van der Waals surface area contributed by atoms with E-state index in [1.54, 1.807) is 0 Å². The number of hydrogen-bond donors (Lipinski definition) is 2. The number of hydrogen-bond acceptors (Lipinski definition) is 2. The summed E-state index contributed by atoms with van der Waals surface area (Å²) in [5.74, 6) is 0.616. The quantitative estimate of drug-likeness (QED) is 0.755. The minimum absolute atomic E-state index is 0.177. The molecule has 2 atom stereocenters. The molecular formula is C13H28N2. The molecule has 2 nitrogen and oxygen atoms in total. The van der Waals surface area contributed by atoms with Crippen LogP contribution in [0.15, 0.2) is 0 Å². The van der Waals surface area contributed by atoms with E-state index >= 15 is 0 Å². The SMILES string of the molecule is CCCCC1C(N)CC(C)(C)NC1(C)C. The maximum Gasteiger partial charge on any atom is 0.0173 e. The molecule has 1 rings (SSSR count). The predicted molar refractivity (Wildman–Crippen MR) is 66.9 cm³/mol. The van der Waals surface area contributed by atoms with Crippen LogP contribution in [-0.4, -0.2) is 17.1 Å². The van der Waals surface area contributed by atoms with Gasteiger partial charge in [0.2, 0.25) is 0 Å². The van der Waals surface area contributed by atoms with Gasteiger partial charge in [-0.05, 0) is 46.5 Å². The fourth-order valence-corrected chi connectivity index (χ4v) is 3.28. The Balaban J connectivity index is 2.70. The first-order valence-electron chi connectivity index (χ1n) is 6.33. The Kier molecular flexibility index (Phi) is 3.83. The van der Waals surface area contributed by atoms with E-state index in [1.807, 2.05) is 0 Å². The van der Waals surface area contributed by atoms with Crippen LogP contribution in [0, 0.1) is 5.92 Å². The Morgan fingerprint density at radius 2 is 1.87 bits per heavy atom. The zero-order chi connectivity index (χ0) is 11.7. The molecule has 0 radical (unpaired) electrons. The van der Waals surface area contributed by atoms with Gasteiger partial charge in [0, 0.05) is 17.1 Å². The maximum atomic E-state index is 6.33. The fraction of sp³-hybridized carbons (Fsp3) is 1.00. The lowest BCUT2D eigenvalue weighted by atomic mass is 9.70. The first-order valence-corrected chi connectivity index (χ1v) is 6.33. The van der Waals surface area contributed by atoms with Gasteiger partial charge in [0.1, 0.15) is 0 Å². The lowest BCUT2D eigenvalue weighted by Gasteiger charge is -2.51. The molecule has 1 saturated heterocycles. The normalized spacial score (nSPS) is 34.0. The molecule has 2 heteroatoms. The van der Waals surface area contributed by atoms with Gasteiger partial charge in [-0.25, -0.2) is 0 Å². The van der Waals surface area contributed by atoms with Crippen LogP contribution < -0.4 is 11.1 Å². The molecule has 0 bridgehead atoms. The summed E-state index contributed by atoms with van der Waals surface area (Å²) in [6.45, 7) is 11.4. The molecule has 0 saturated carbocycles. The second-order valence-electron chi connectivity index (χ2n) is 6.35. The van der Waals surface area contributed by atoms with Crippen LogP contribution in [0.2, 0.25) is 0 Å². The van der Waals surface area contributed by atoms with Gasteiger partial charge < -0.3 is 11.1 Å². The van der Waals surface area contributed by atoms with E-state index in [4.69, 9.17) is 5.73 Å². The summed E-state index contributed by atoms with van der Waals surface area (Å²) in [4.78, 5) is 0. The summed E-state index contributed by atoms with van der Waals surface area (Å²) < 4.78 is 0. The summed E-state index contributed by atoms with van der Waals surface area (Å²) in [7, 11) is 0. The number of nitrogens with two attached hydrogens (primary N) is 1. The van der Waals surface area contributed by atoms with Crippen molar-refractivity contribution in [3.63, 3.8) is 0 Å². The molecule has 3 N–H and O–H groups in total. The lowest BCUT2D eigenvalue weighted by molar-refractivity contribution is 0.0837. The number of rotatable bonds is 3. The topological polar surface area (TPSA) is 38.0 Å². The van der Waals surface area contributed by atoms with Crippen molar-refractivity contribution in [1.29, 1.82) is 0 Å². The summed E-state index contributed by atoms with van der Waals surface area (Å²) in [6.07, 6.45) is 4.91. The monoisotopic (exact) mass is 212 g/mol. The Hall–Kier alpha value is -0.0800. The van der Waals surface area contributed by atoms with Gasteiger partial charge in [-0.2, -0.15) is 0 Å². The third-order valence-electron chi connectivity index (χ3n) is 3.72. The molecule has 0 aromatic heterocycles. The first-order chi connectivity index (χ1) is 6.78. The van der Waals surface area contributed by atoms with Crippen molar-refractivity contribution in [2.24, 2.45) is 11.7 Å². The Morgan fingerprint density at radius 1 is 1.27 bits per heavy atom. The number of unbranched alkanes of at least 4 members (excludes halogenated alkanes) is 1. The molecule has 0 amide bonds. The highest BCUT2D eigenvalue weighted by Crippen LogP contribution is 2.35. The highest BCUT2D eigenvalue weighted by Gasteiger charge is 2.43. The van der Waals surface area contributed by atoms with E-state index < -0.39 is 0 Å².